The number of aliphatic imine (C=N–C) groups is 1. The summed E-state index contributed by atoms with van der Waals surface area (Å²) >= 11 is 0. The van der Waals surface area contributed by atoms with E-state index in [-0.39, 0.29) is 5.78 Å². The molecule has 0 fully saturated rings. The second-order valence-electron chi connectivity index (χ2n) is 6.41. The molecule has 1 aliphatic rings. The first-order chi connectivity index (χ1) is 13.2. The number of carbonyl (C=O) groups is 1. The molecule has 27 heavy (non-hydrogen) atoms. The smallest absolute Gasteiger partial charge is 0.267 e. The van der Waals surface area contributed by atoms with Gasteiger partial charge in [0.25, 0.3) is 5.72 Å². The number of ether oxygens (including phenoxy) is 2. The summed E-state index contributed by atoms with van der Waals surface area (Å²) in [5, 5.41) is 0. The van der Waals surface area contributed by atoms with E-state index in [1.54, 1.807) is 19.4 Å². The third-order valence-corrected chi connectivity index (χ3v) is 4.59. The minimum atomic E-state index is -1.29. The molecule has 0 aliphatic carbocycles. The van der Waals surface area contributed by atoms with Gasteiger partial charge in [-0.15, -0.1) is 0 Å². The van der Waals surface area contributed by atoms with Crippen molar-refractivity contribution in [3.05, 3.63) is 95.6 Å². The molecule has 1 aliphatic heterocycles. The van der Waals surface area contributed by atoms with Crippen molar-refractivity contribution in [3.8, 4) is 11.5 Å². The van der Waals surface area contributed by atoms with Crippen molar-refractivity contribution in [2.75, 3.05) is 7.11 Å². The zero-order valence-corrected chi connectivity index (χ0v) is 15.0. The predicted octanol–water partition coefficient (Wildman–Crippen LogP) is 4.33. The third kappa shape index (κ3) is 3.34. The minimum absolute atomic E-state index is 0.119. The van der Waals surface area contributed by atoms with Crippen LogP contribution in [0.3, 0.4) is 0 Å². The summed E-state index contributed by atoms with van der Waals surface area (Å²) in [5.41, 5.74) is 1.15. The Morgan fingerprint density at radius 3 is 2.37 bits per heavy atom. The molecule has 0 amide bonds. The normalized spacial score (nSPS) is 18.3. The van der Waals surface area contributed by atoms with Crippen LogP contribution in [0, 0.1) is 0 Å². The van der Waals surface area contributed by atoms with Crippen molar-refractivity contribution in [1.29, 1.82) is 0 Å². The summed E-state index contributed by atoms with van der Waals surface area (Å²) in [6.07, 6.45) is 2.06. The van der Waals surface area contributed by atoms with Gasteiger partial charge in [0.2, 0.25) is 5.78 Å². The van der Waals surface area contributed by atoms with Gasteiger partial charge in [0.05, 0.1) is 12.7 Å². The van der Waals surface area contributed by atoms with Crippen LogP contribution in [0.1, 0.15) is 21.5 Å². The van der Waals surface area contributed by atoms with Crippen LogP contribution in [0.4, 0.5) is 0 Å². The van der Waals surface area contributed by atoms with Gasteiger partial charge in [0, 0.05) is 12.6 Å². The molecule has 1 atom stereocenters. The number of fused-ring (bicyclic) bond motifs is 1. The predicted molar refractivity (Wildman–Crippen MR) is 105 cm³/mol. The molecular formula is C23H19NO3. The van der Waals surface area contributed by atoms with E-state index >= 15 is 0 Å². The Morgan fingerprint density at radius 1 is 0.963 bits per heavy atom. The Morgan fingerprint density at radius 2 is 1.67 bits per heavy atom. The summed E-state index contributed by atoms with van der Waals surface area (Å²) in [7, 11) is 1.63. The van der Waals surface area contributed by atoms with E-state index in [0.29, 0.717) is 17.7 Å². The van der Waals surface area contributed by atoms with Gasteiger partial charge in [-0.2, -0.15) is 0 Å². The van der Waals surface area contributed by atoms with Gasteiger partial charge in [-0.1, -0.05) is 42.5 Å². The number of nitrogens with zero attached hydrogens (tertiary/aromatic N) is 1. The van der Waals surface area contributed by atoms with Crippen LogP contribution in [0.25, 0.3) is 0 Å². The highest BCUT2D eigenvalue weighted by molar-refractivity contribution is 6.08. The van der Waals surface area contributed by atoms with Crippen molar-refractivity contribution >= 4 is 12.0 Å². The molecule has 0 saturated carbocycles. The van der Waals surface area contributed by atoms with Crippen LogP contribution in [0.15, 0.2) is 83.9 Å². The minimum Gasteiger partial charge on any atom is -0.497 e. The fraction of sp³-hybridized carbons (Fsp3) is 0.130. The fourth-order valence-electron chi connectivity index (χ4n) is 3.17. The average Bonchev–Trinajstić information content (AvgIpc) is 3.00. The number of carbonyl (C=O) groups excluding carboxylic acids is 1. The molecule has 1 unspecified atom stereocenters. The quantitative estimate of drug-likeness (QED) is 0.639. The first-order valence-electron chi connectivity index (χ1n) is 8.76. The molecular weight excluding hydrogens is 338 g/mol. The van der Waals surface area contributed by atoms with Crippen molar-refractivity contribution in [2.24, 2.45) is 4.99 Å². The molecule has 3 aromatic rings. The molecule has 0 N–H and O–H groups in total. The Bertz CT molecular complexity index is 980. The van der Waals surface area contributed by atoms with E-state index < -0.39 is 5.72 Å². The van der Waals surface area contributed by atoms with Crippen LogP contribution in [0.2, 0.25) is 0 Å². The number of rotatable bonds is 5. The molecule has 4 rings (SSSR count). The highest BCUT2D eigenvalue weighted by Crippen LogP contribution is 2.38. The highest BCUT2D eigenvalue weighted by atomic mass is 16.5. The van der Waals surface area contributed by atoms with E-state index in [2.05, 4.69) is 4.99 Å². The van der Waals surface area contributed by atoms with Crippen molar-refractivity contribution in [2.45, 2.75) is 12.1 Å². The zero-order chi connectivity index (χ0) is 18.7. The van der Waals surface area contributed by atoms with Gasteiger partial charge < -0.3 is 9.47 Å². The number of methoxy groups -OCH3 is 1. The van der Waals surface area contributed by atoms with E-state index in [4.69, 9.17) is 9.47 Å². The first-order valence-corrected chi connectivity index (χ1v) is 8.76. The maximum atomic E-state index is 13.2. The van der Waals surface area contributed by atoms with Crippen LogP contribution < -0.4 is 9.47 Å². The van der Waals surface area contributed by atoms with Crippen LogP contribution in [-0.4, -0.2) is 24.8 Å². The second-order valence-corrected chi connectivity index (χ2v) is 6.41. The largest absolute Gasteiger partial charge is 0.497 e. The summed E-state index contributed by atoms with van der Waals surface area (Å²) in [5.74, 6) is 1.23. The van der Waals surface area contributed by atoms with Gasteiger partial charge in [0.1, 0.15) is 11.5 Å². The number of Topliss-reactive ketones (excluding diaryl/α,β-unsaturated/α-hetero) is 1. The van der Waals surface area contributed by atoms with Gasteiger partial charge in [-0.25, -0.2) is 4.99 Å². The molecule has 0 bridgehead atoms. The lowest BCUT2D eigenvalue weighted by atomic mass is 9.96. The van der Waals surface area contributed by atoms with Gasteiger partial charge in [0.15, 0.2) is 0 Å². The number of ketones is 1. The van der Waals surface area contributed by atoms with Crippen molar-refractivity contribution < 1.29 is 14.3 Å². The Hall–Kier alpha value is -3.40. The number of hydrogen-bond acceptors (Lipinski definition) is 4. The van der Waals surface area contributed by atoms with Crippen molar-refractivity contribution in [3.63, 3.8) is 0 Å². The van der Waals surface area contributed by atoms with Crippen LogP contribution in [-0.2, 0) is 6.42 Å². The second kappa shape index (κ2) is 7.08. The molecule has 3 aromatic carbocycles. The lowest BCUT2D eigenvalue weighted by Crippen LogP contribution is -2.40. The summed E-state index contributed by atoms with van der Waals surface area (Å²) in [6, 6.07) is 24.6. The SMILES string of the molecule is COc1ccc(/C=N/C2(Cc3ccccc3)Oc3ccccc3C2=O)cc1. The van der Waals surface area contributed by atoms with E-state index in [9.17, 15) is 4.79 Å². The maximum Gasteiger partial charge on any atom is 0.267 e. The fourth-order valence-corrected chi connectivity index (χ4v) is 3.17. The van der Waals surface area contributed by atoms with Gasteiger partial charge in [-0.05, 0) is 47.5 Å². The monoisotopic (exact) mass is 357 g/mol. The highest BCUT2D eigenvalue weighted by Gasteiger charge is 2.47. The number of para-hydroxylation sites is 1. The van der Waals surface area contributed by atoms with Crippen molar-refractivity contribution in [1.82, 2.24) is 0 Å². The summed E-state index contributed by atoms with van der Waals surface area (Å²) in [4.78, 5) is 17.8. The molecule has 0 radical (unpaired) electrons. The molecule has 0 spiro atoms. The lowest BCUT2D eigenvalue weighted by molar-refractivity contribution is 0.0596. The molecule has 0 saturated heterocycles. The number of benzene rings is 3. The van der Waals surface area contributed by atoms with E-state index in [1.165, 1.54) is 0 Å². The summed E-state index contributed by atoms with van der Waals surface area (Å²) in [6.45, 7) is 0. The van der Waals surface area contributed by atoms with Crippen LogP contribution in [0.5, 0.6) is 11.5 Å². The molecule has 4 nitrogen and oxygen atoms in total. The third-order valence-electron chi connectivity index (χ3n) is 4.59. The molecule has 134 valence electrons. The molecule has 4 heteroatoms. The Balaban J connectivity index is 1.70. The zero-order valence-electron chi connectivity index (χ0n) is 15.0. The maximum absolute atomic E-state index is 13.2. The Kier molecular flexibility index (Phi) is 4.47. The Labute approximate surface area is 158 Å². The first kappa shape index (κ1) is 17.0. The van der Waals surface area contributed by atoms with Crippen LogP contribution >= 0.6 is 0 Å². The standard InChI is InChI=1S/C23H19NO3/c1-26-19-13-11-18(12-14-19)16-24-23(15-17-7-3-2-4-8-17)22(25)20-9-5-6-10-21(20)27-23/h2-14,16H,15H2,1H3/b24-16+. The van der Waals surface area contributed by atoms with E-state index in [0.717, 1.165) is 16.9 Å². The number of hydrogen-bond donors (Lipinski definition) is 0. The average molecular weight is 357 g/mol. The lowest BCUT2D eigenvalue weighted by Gasteiger charge is -2.23. The molecule has 1 heterocycles. The van der Waals surface area contributed by atoms with E-state index in [1.807, 2.05) is 72.8 Å². The summed E-state index contributed by atoms with van der Waals surface area (Å²) < 4.78 is 11.3. The molecule has 0 aromatic heterocycles. The van der Waals surface area contributed by atoms with Gasteiger partial charge >= 0.3 is 0 Å². The van der Waals surface area contributed by atoms with Gasteiger partial charge in [-0.3, -0.25) is 4.79 Å². The topological polar surface area (TPSA) is 47.9 Å².